The van der Waals surface area contributed by atoms with E-state index in [9.17, 15) is 4.79 Å². The van der Waals surface area contributed by atoms with E-state index in [0.29, 0.717) is 29.8 Å². The molecule has 3 heterocycles. The van der Waals surface area contributed by atoms with Crippen LogP contribution in [0, 0.1) is 6.92 Å². The monoisotopic (exact) mass is 385 g/mol. The molecule has 0 saturated carbocycles. The van der Waals surface area contributed by atoms with Crippen LogP contribution in [0.3, 0.4) is 0 Å². The van der Waals surface area contributed by atoms with Crippen molar-refractivity contribution in [2.75, 3.05) is 31.6 Å². The Balaban J connectivity index is 1.39. The van der Waals surface area contributed by atoms with Crippen molar-refractivity contribution in [2.24, 2.45) is 0 Å². The smallest absolute Gasteiger partial charge is 0.278 e. The van der Waals surface area contributed by atoms with Crippen LogP contribution in [-0.4, -0.2) is 53.3 Å². The number of aromatic nitrogens is 3. The van der Waals surface area contributed by atoms with Gasteiger partial charge in [0.1, 0.15) is 12.4 Å². The first-order valence-electron chi connectivity index (χ1n) is 9.99. The van der Waals surface area contributed by atoms with Crippen LogP contribution in [0.15, 0.2) is 24.3 Å². The third-order valence-corrected chi connectivity index (χ3v) is 5.35. The number of benzene rings is 1. The quantitative estimate of drug-likeness (QED) is 0.793. The van der Waals surface area contributed by atoms with E-state index in [1.165, 1.54) is 0 Å². The molecule has 0 aliphatic carbocycles. The number of piperidine rings is 1. The third kappa shape index (κ3) is 4.34. The molecule has 2 fully saturated rings. The van der Waals surface area contributed by atoms with Gasteiger partial charge in [-0.15, -0.1) is 5.10 Å². The summed E-state index contributed by atoms with van der Waals surface area (Å²) in [6.45, 7) is 5.16. The molecular formula is C20H27N5O3. The highest BCUT2D eigenvalue weighted by Crippen LogP contribution is 2.22. The third-order valence-electron chi connectivity index (χ3n) is 5.35. The van der Waals surface area contributed by atoms with Gasteiger partial charge in [-0.05, 0) is 57.8 Å². The summed E-state index contributed by atoms with van der Waals surface area (Å²) < 4.78 is 13.3. The molecule has 4 rings (SSSR count). The molecule has 0 bridgehead atoms. The maximum absolute atomic E-state index is 12.7. The van der Waals surface area contributed by atoms with Crippen molar-refractivity contribution in [2.45, 2.75) is 44.8 Å². The number of ether oxygens (including phenoxy) is 2. The van der Waals surface area contributed by atoms with Crippen molar-refractivity contribution in [1.82, 2.24) is 20.3 Å². The molecule has 0 radical (unpaired) electrons. The predicted octanol–water partition coefficient (Wildman–Crippen LogP) is 2.32. The van der Waals surface area contributed by atoms with E-state index in [-0.39, 0.29) is 12.0 Å². The molecule has 1 aromatic heterocycles. The van der Waals surface area contributed by atoms with Crippen molar-refractivity contribution >= 4 is 11.6 Å². The number of hydrogen-bond donors (Lipinski definition) is 2. The standard InChI is InChI=1S/C20H27N5O3/c1-14-19(23-24-25(14)16-7-9-21-10-8-16)20(26)22-15-4-2-5-17(12-15)28-13-18-6-3-11-27-18/h2,4-5,12,16,18,21H,3,6-11,13H2,1H3,(H,22,26). The molecule has 28 heavy (non-hydrogen) atoms. The fraction of sp³-hybridized carbons (Fsp3) is 0.550. The summed E-state index contributed by atoms with van der Waals surface area (Å²) in [5.74, 6) is 0.456. The van der Waals surface area contributed by atoms with Gasteiger partial charge in [0.05, 0.1) is 17.8 Å². The predicted molar refractivity (Wildman–Crippen MR) is 105 cm³/mol. The number of amides is 1. The molecule has 2 aromatic rings. The lowest BCUT2D eigenvalue weighted by Crippen LogP contribution is -2.30. The average molecular weight is 385 g/mol. The lowest BCUT2D eigenvalue weighted by Gasteiger charge is -2.23. The van der Waals surface area contributed by atoms with E-state index in [0.717, 1.165) is 51.1 Å². The van der Waals surface area contributed by atoms with Crippen LogP contribution >= 0.6 is 0 Å². The number of carbonyl (C=O) groups excluding carboxylic acids is 1. The Hall–Kier alpha value is -2.45. The number of anilines is 1. The Kier molecular flexibility index (Phi) is 5.87. The molecular weight excluding hydrogens is 358 g/mol. The highest BCUT2D eigenvalue weighted by Gasteiger charge is 2.23. The Morgan fingerprint density at radius 1 is 1.36 bits per heavy atom. The lowest BCUT2D eigenvalue weighted by atomic mass is 10.1. The number of nitrogens with zero attached hydrogens (tertiary/aromatic N) is 3. The molecule has 150 valence electrons. The number of rotatable bonds is 6. The molecule has 8 nitrogen and oxygen atoms in total. The van der Waals surface area contributed by atoms with Gasteiger partial charge in [-0.2, -0.15) is 0 Å². The van der Waals surface area contributed by atoms with Crippen LogP contribution in [-0.2, 0) is 4.74 Å². The molecule has 2 aliphatic rings. The second-order valence-electron chi connectivity index (χ2n) is 7.38. The first-order chi connectivity index (χ1) is 13.7. The lowest BCUT2D eigenvalue weighted by molar-refractivity contribution is 0.0680. The van der Waals surface area contributed by atoms with E-state index in [1.807, 2.05) is 35.9 Å². The molecule has 8 heteroatoms. The van der Waals surface area contributed by atoms with Crippen LogP contribution in [0.1, 0.15) is 47.9 Å². The Bertz CT molecular complexity index is 810. The van der Waals surface area contributed by atoms with Gasteiger partial charge in [0.25, 0.3) is 5.91 Å². The zero-order valence-electron chi connectivity index (χ0n) is 16.2. The zero-order valence-corrected chi connectivity index (χ0v) is 16.2. The molecule has 2 saturated heterocycles. The van der Waals surface area contributed by atoms with Crippen molar-refractivity contribution in [1.29, 1.82) is 0 Å². The minimum Gasteiger partial charge on any atom is -0.491 e. The van der Waals surface area contributed by atoms with Gasteiger partial charge in [-0.3, -0.25) is 4.79 Å². The van der Waals surface area contributed by atoms with E-state index >= 15 is 0 Å². The second kappa shape index (κ2) is 8.70. The summed E-state index contributed by atoms with van der Waals surface area (Å²) in [5, 5.41) is 14.6. The first-order valence-corrected chi connectivity index (χ1v) is 9.99. The van der Waals surface area contributed by atoms with Gasteiger partial charge in [0.15, 0.2) is 5.69 Å². The van der Waals surface area contributed by atoms with Crippen LogP contribution in [0.5, 0.6) is 5.75 Å². The summed E-state index contributed by atoms with van der Waals surface area (Å²) in [5.41, 5.74) is 1.84. The topological polar surface area (TPSA) is 90.3 Å². The summed E-state index contributed by atoms with van der Waals surface area (Å²) in [6.07, 6.45) is 4.26. The Morgan fingerprint density at radius 2 is 2.21 bits per heavy atom. The Labute approximate surface area is 164 Å². The normalized spacial score (nSPS) is 20.2. The first kappa shape index (κ1) is 18.9. The van der Waals surface area contributed by atoms with E-state index in [4.69, 9.17) is 9.47 Å². The SMILES string of the molecule is Cc1c(C(=O)Nc2cccc(OCC3CCCO3)c2)nnn1C1CCNCC1. The van der Waals surface area contributed by atoms with Crippen molar-refractivity contribution in [3.8, 4) is 5.75 Å². The molecule has 1 unspecified atom stereocenters. The van der Waals surface area contributed by atoms with Crippen LogP contribution in [0.25, 0.3) is 0 Å². The Morgan fingerprint density at radius 3 is 3.00 bits per heavy atom. The fourth-order valence-electron chi connectivity index (χ4n) is 3.77. The summed E-state index contributed by atoms with van der Waals surface area (Å²) in [4.78, 5) is 12.7. The van der Waals surface area contributed by atoms with E-state index in [1.54, 1.807) is 0 Å². The second-order valence-corrected chi connectivity index (χ2v) is 7.38. The molecule has 1 atom stereocenters. The molecule has 1 aromatic carbocycles. The largest absolute Gasteiger partial charge is 0.491 e. The van der Waals surface area contributed by atoms with Gasteiger partial charge < -0.3 is 20.1 Å². The van der Waals surface area contributed by atoms with Crippen LogP contribution in [0.4, 0.5) is 5.69 Å². The van der Waals surface area contributed by atoms with Gasteiger partial charge in [-0.25, -0.2) is 4.68 Å². The number of hydrogen-bond acceptors (Lipinski definition) is 6. The maximum Gasteiger partial charge on any atom is 0.278 e. The average Bonchev–Trinajstić information content (AvgIpc) is 3.37. The van der Waals surface area contributed by atoms with Gasteiger partial charge in [0, 0.05) is 18.4 Å². The summed E-state index contributed by atoms with van der Waals surface area (Å²) in [6, 6.07) is 7.69. The van der Waals surface area contributed by atoms with Crippen molar-refractivity contribution in [3.05, 3.63) is 35.7 Å². The fourth-order valence-corrected chi connectivity index (χ4v) is 3.77. The minimum absolute atomic E-state index is 0.158. The maximum atomic E-state index is 12.7. The minimum atomic E-state index is -0.256. The molecule has 2 N–H and O–H groups in total. The van der Waals surface area contributed by atoms with Gasteiger partial charge >= 0.3 is 0 Å². The van der Waals surface area contributed by atoms with Gasteiger partial charge in [0.2, 0.25) is 0 Å². The molecule has 0 spiro atoms. The molecule has 2 aliphatic heterocycles. The van der Waals surface area contributed by atoms with Crippen molar-refractivity contribution in [3.63, 3.8) is 0 Å². The van der Waals surface area contributed by atoms with E-state index in [2.05, 4.69) is 20.9 Å². The van der Waals surface area contributed by atoms with E-state index < -0.39 is 0 Å². The van der Waals surface area contributed by atoms with Crippen LogP contribution in [0.2, 0.25) is 0 Å². The van der Waals surface area contributed by atoms with Crippen LogP contribution < -0.4 is 15.4 Å². The van der Waals surface area contributed by atoms with Crippen molar-refractivity contribution < 1.29 is 14.3 Å². The molecule has 1 amide bonds. The highest BCUT2D eigenvalue weighted by atomic mass is 16.5. The summed E-state index contributed by atoms with van der Waals surface area (Å²) in [7, 11) is 0. The number of carbonyl (C=O) groups is 1. The summed E-state index contributed by atoms with van der Waals surface area (Å²) >= 11 is 0. The zero-order chi connectivity index (χ0) is 19.3. The van der Waals surface area contributed by atoms with Gasteiger partial charge in [-0.1, -0.05) is 11.3 Å². The highest BCUT2D eigenvalue weighted by molar-refractivity contribution is 6.03. The number of nitrogens with one attached hydrogen (secondary N) is 2.